The summed E-state index contributed by atoms with van der Waals surface area (Å²) in [5, 5.41) is 9.04. The van der Waals surface area contributed by atoms with Gasteiger partial charge in [-0.05, 0) is 52.9 Å². The lowest BCUT2D eigenvalue weighted by Gasteiger charge is -2.32. The Hall–Kier alpha value is -3.12. The molecule has 0 radical (unpaired) electrons. The fourth-order valence-electron chi connectivity index (χ4n) is 3.34. The molecule has 0 aliphatic carbocycles. The molecule has 2 aromatic carbocycles. The molecule has 1 atom stereocenters. The van der Waals surface area contributed by atoms with Gasteiger partial charge in [0.2, 0.25) is 0 Å². The summed E-state index contributed by atoms with van der Waals surface area (Å²) in [5.74, 6) is 1.06. The second-order valence-electron chi connectivity index (χ2n) is 7.71. The van der Waals surface area contributed by atoms with Crippen LogP contribution in [0.2, 0.25) is 0 Å². The number of rotatable bonds is 5. The number of pyridine rings is 1. The van der Waals surface area contributed by atoms with Crippen LogP contribution in [0.3, 0.4) is 0 Å². The molecule has 136 valence electrons. The Morgan fingerprint density at radius 2 is 1.56 bits per heavy atom. The maximum atomic E-state index is 9.04. The van der Waals surface area contributed by atoms with Crippen molar-refractivity contribution in [3.63, 3.8) is 0 Å². The van der Waals surface area contributed by atoms with Crippen LogP contribution in [-0.2, 0) is 6.61 Å². The van der Waals surface area contributed by atoms with Crippen LogP contribution < -0.4 is 4.74 Å². The number of aromatic nitrogens is 1. The number of nitriles is 1. The van der Waals surface area contributed by atoms with Gasteiger partial charge in [-0.2, -0.15) is 5.26 Å². The first-order chi connectivity index (χ1) is 13.0. The van der Waals surface area contributed by atoms with E-state index < -0.39 is 0 Å². The van der Waals surface area contributed by atoms with Crippen molar-refractivity contribution in [1.82, 2.24) is 4.98 Å². The highest BCUT2D eigenvalue weighted by Gasteiger charge is 2.27. The molecule has 1 unspecified atom stereocenters. The number of benzene rings is 2. The topological polar surface area (TPSA) is 45.9 Å². The van der Waals surface area contributed by atoms with E-state index in [1.807, 2.05) is 42.5 Å². The molecule has 3 heteroatoms. The van der Waals surface area contributed by atoms with Crippen LogP contribution in [-0.4, -0.2) is 4.98 Å². The summed E-state index contributed by atoms with van der Waals surface area (Å²) in [7, 11) is 0. The molecule has 0 saturated carbocycles. The van der Waals surface area contributed by atoms with Crippen molar-refractivity contribution in [3.05, 3.63) is 95.3 Å². The zero-order chi connectivity index (χ0) is 19.3. The van der Waals surface area contributed by atoms with Crippen molar-refractivity contribution >= 4 is 0 Å². The van der Waals surface area contributed by atoms with E-state index in [0.717, 1.165) is 11.4 Å². The summed E-state index contributed by atoms with van der Waals surface area (Å²) in [6.07, 6.45) is 1.77. The summed E-state index contributed by atoms with van der Waals surface area (Å²) in [4.78, 5) is 4.28. The molecule has 1 aromatic heterocycles. The molecule has 0 aliphatic rings. The van der Waals surface area contributed by atoms with Gasteiger partial charge in [-0.15, -0.1) is 0 Å². The van der Waals surface area contributed by atoms with Crippen molar-refractivity contribution in [2.75, 3.05) is 0 Å². The minimum absolute atomic E-state index is 0.0461. The quantitative estimate of drug-likeness (QED) is 0.588. The Balaban J connectivity index is 1.80. The molecule has 3 aromatic rings. The van der Waals surface area contributed by atoms with Crippen LogP contribution in [0.25, 0.3) is 0 Å². The first-order valence-corrected chi connectivity index (χ1v) is 9.10. The molecular weight excluding hydrogens is 332 g/mol. The first-order valence-electron chi connectivity index (χ1n) is 9.10. The fourth-order valence-corrected chi connectivity index (χ4v) is 3.34. The molecule has 1 heterocycles. The van der Waals surface area contributed by atoms with Gasteiger partial charge in [0.25, 0.3) is 0 Å². The molecule has 27 heavy (non-hydrogen) atoms. The molecule has 3 nitrogen and oxygen atoms in total. The van der Waals surface area contributed by atoms with Crippen molar-refractivity contribution in [2.24, 2.45) is 5.41 Å². The summed E-state index contributed by atoms with van der Waals surface area (Å²) in [6, 6.07) is 24.2. The molecular formula is C24H24N2O. The predicted molar refractivity (Wildman–Crippen MR) is 107 cm³/mol. The Morgan fingerprint density at radius 1 is 0.926 bits per heavy atom. The summed E-state index contributed by atoms with van der Waals surface area (Å²) >= 11 is 0. The number of nitrogens with zero attached hydrogens (tertiary/aromatic N) is 2. The third kappa shape index (κ3) is 4.74. The first kappa shape index (κ1) is 18.7. The van der Waals surface area contributed by atoms with Gasteiger partial charge in [-0.25, -0.2) is 0 Å². The SMILES string of the molecule is CC(C)(C)C(c1ccc(C#N)cc1)c1ccc(OCc2ccccn2)cc1. The van der Waals surface area contributed by atoms with E-state index in [0.29, 0.717) is 12.2 Å². The van der Waals surface area contributed by atoms with E-state index in [1.54, 1.807) is 6.20 Å². The number of hydrogen-bond acceptors (Lipinski definition) is 3. The van der Waals surface area contributed by atoms with Gasteiger partial charge in [0, 0.05) is 12.1 Å². The van der Waals surface area contributed by atoms with Crippen molar-refractivity contribution in [1.29, 1.82) is 5.26 Å². The monoisotopic (exact) mass is 356 g/mol. The third-order valence-electron chi connectivity index (χ3n) is 4.57. The minimum Gasteiger partial charge on any atom is -0.487 e. The van der Waals surface area contributed by atoms with Crippen LogP contribution in [0.15, 0.2) is 72.9 Å². The van der Waals surface area contributed by atoms with Crippen LogP contribution in [0, 0.1) is 16.7 Å². The second-order valence-corrected chi connectivity index (χ2v) is 7.71. The lowest BCUT2D eigenvalue weighted by molar-refractivity contribution is 0.301. The van der Waals surface area contributed by atoms with Gasteiger partial charge in [-0.1, -0.05) is 51.1 Å². The highest BCUT2D eigenvalue weighted by Crippen LogP contribution is 2.41. The van der Waals surface area contributed by atoms with E-state index in [4.69, 9.17) is 10.00 Å². The Labute approximate surface area is 161 Å². The largest absolute Gasteiger partial charge is 0.487 e. The van der Waals surface area contributed by atoms with Crippen LogP contribution >= 0.6 is 0 Å². The summed E-state index contributed by atoms with van der Waals surface area (Å²) in [5.41, 5.74) is 4.09. The van der Waals surface area contributed by atoms with Crippen molar-refractivity contribution in [2.45, 2.75) is 33.3 Å². The maximum Gasteiger partial charge on any atom is 0.130 e. The van der Waals surface area contributed by atoms with Crippen LogP contribution in [0.4, 0.5) is 0 Å². The van der Waals surface area contributed by atoms with E-state index in [1.165, 1.54) is 11.1 Å². The van der Waals surface area contributed by atoms with E-state index in [2.05, 4.69) is 56.1 Å². The molecule has 0 spiro atoms. The highest BCUT2D eigenvalue weighted by molar-refractivity contribution is 5.40. The smallest absolute Gasteiger partial charge is 0.130 e. The Morgan fingerprint density at radius 3 is 2.07 bits per heavy atom. The van der Waals surface area contributed by atoms with Crippen LogP contribution in [0.1, 0.15) is 49.1 Å². The molecule has 0 amide bonds. The van der Waals surface area contributed by atoms with Crippen LogP contribution in [0.5, 0.6) is 5.75 Å². The molecule has 0 aliphatic heterocycles. The third-order valence-corrected chi connectivity index (χ3v) is 4.57. The lowest BCUT2D eigenvalue weighted by atomic mass is 9.72. The molecule has 0 saturated heterocycles. The Kier molecular flexibility index (Phi) is 5.57. The second kappa shape index (κ2) is 8.05. The van der Waals surface area contributed by atoms with Gasteiger partial charge in [0.1, 0.15) is 12.4 Å². The average Bonchev–Trinajstić information content (AvgIpc) is 2.68. The number of ether oxygens (including phenoxy) is 1. The normalized spacial score (nSPS) is 12.2. The molecule has 0 bridgehead atoms. The molecule has 0 N–H and O–H groups in total. The van der Waals surface area contributed by atoms with Gasteiger partial charge < -0.3 is 4.74 Å². The van der Waals surface area contributed by atoms with Gasteiger partial charge in [0.15, 0.2) is 0 Å². The highest BCUT2D eigenvalue weighted by atomic mass is 16.5. The van der Waals surface area contributed by atoms with Crippen molar-refractivity contribution < 1.29 is 4.74 Å². The zero-order valence-electron chi connectivity index (χ0n) is 16.0. The summed E-state index contributed by atoms with van der Waals surface area (Å²) < 4.78 is 5.85. The molecule has 0 fully saturated rings. The van der Waals surface area contributed by atoms with Crippen molar-refractivity contribution in [3.8, 4) is 11.8 Å². The van der Waals surface area contributed by atoms with Gasteiger partial charge in [-0.3, -0.25) is 4.98 Å². The lowest BCUT2D eigenvalue weighted by Crippen LogP contribution is -2.19. The minimum atomic E-state index is 0.0461. The maximum absolute atomic E-state index is 9.04. The number of hydrogen-bond donors (Lipinski definition) is 0. The Bertz CT molecular complexity index is 902. The van der Waals surface area contributed by atoms with E-state index >= 15 is 0 Å². The molecule has 3 rings (SSSR count). The predicted octanol–water partition coefficient (Wildman–Crippen LogP) is 5.71. The summed E-state index contributed by atoms with van der Waals surface area (Å²) in [6.45, 7) is 7.17. The standard InChI is InChI=1S/C24H24N2O/c1-24(2,3)23(19-9-7-18(16-25)8-10-19)20-11-13-22(14-12-20)27-17-21-6-4-5-15-26-21/h4-15,23H,17H2,1-3H3. The fraction of sp³-hybridized carbons (Fsp3) is 0.250. The van der Waals surface area contributed by atoms with E-state index in [9.17, 15) is 0 Å². The van der Waals surface area contributed by atoms with Gasteiger partial charge in [0.05, 0.1) is 17.3 Å². The van der Waals surface area contributed by atoms with E-state index in [-0.39, 0.29) is 11.3 Å². The van der Waals surface area contributed by atoms with Gasteiger partial charge >= 0.3 is 0 Å². The average molecular weight is 356 g/mol. The zero-order valence-corrected chi connectivity index (χ0v) is 16.0.